The van der Waals surface area contributed by atoms with E-state index in [0.29, 0.717) is 4.48 Å². The second kappa shape index (κ2) is 6.06. The molecule has 0 bridgehead atoms. The summed E-state index contributed by atoms with van der Waals surface area (Å²) in [5.74, 6) is -0.473. The number of amides is 1. The number of hydrogen-bond acceptors (Lipinski definition) is 3. The Hall–Kier alpha value is -0.560. The van der Waals surface area contributed by atoms with Crippen molar-refractivity contribution >= 4 is 53.2 Å². The van der Waals surface area contributed by atoms with Gasteiger partial charge in [-0.25, -0.2) is 8.42 Å². The largest absolute Gasteiger partial charge is 0.347 e. The zero-order chi connectivity index (χ0) is 13.9. The number of halogens is 3. The van der Waals surface area contributed by atoms with Crippen molar-refractivity contribution in [2.45, 2.75) is 4.90 Å². The van der Waals surface area contributed by atoms with Crippen LogP contribution in [0.5, 0.6) is 0 Å². The lowest BCUT2D eigenvalue weighted by Crippen LogP contribution is -2.24. The summed E-state index contributed by atoms with van der Waals surface area (Å²) in [5.41, 5.74) is 0.107. The Morgan fingerprint density at radius 2 is 2.00 bits per heavy atom. The van der Waals surface area contributed by atoms with Crippen molar-refractivity contribution in [3.8, 4) is 0 Å². The first kappa shape index (κ1) is 15.5. The maximum atomic E-state index is 11.7. The molecule has 1 aromatic rings. The van der Waals surface area contributed by atoms with Crippen LogP contribution >= 0.6 is 38.2 Å². The SMILES string of the molecule is C=C(Br)CNC(=O)c1cc(Cl)cc(S(=O)(=O)Cl)c1. The fraction of sp³-hybridized carbons (Fsp3) is 0.100. The van der Waals surface area contributed by atoms with Crippen molar-refractivity contribution in [3.05, 3.63) is 39.8 Å². The van der Waals surface area contributed by atoms with Gasteiger partial charge in [-0.1, -0.05) is 34.1 Å². The van der Waals surface area contributed by atoms with Crippen LogP contribution in [0.1, 0.15) is 10.4 Å². The van der Waals surface area contributed by atoms with Gasteiger partial charge in [-0.05, 0) is 18.2 Å². The summed E-state index contributed by atoms with van der Waals surface area (Å²) >= 11 is 8.82. The molecule has 0 unspecified atom stereocenters. The van der Waals surface area contributed by atoms with Crippen LogP contribution in [0.15, 0.2) is 34.2 Å². The van der Waals surface area contributed by atoms with E-state index in [4.69, 9.17) is 22.3 Å². The van der Waals surface area contributed by atoms with Crippen molar-refractivity contribution in [1.82, 2.24) is 5.32 Å². The Morgan fingerprint density at radius 3 is 2.50 bits per heavy atom. The number of carbonyl (C=O) groups is 1. The summed E-state index contributed by atoms with van der Waals surface area (Å²) in [4.78, 5) is 11.5. The van der Waals surface area contributed by atoms with Crippen molar-refractivity contribution in [1.29, 1.82) is 0 Å². The standard InChI is InChI=1S/C10H8BrCl2NO3S/c1-6(11)5-14-10(15)7-2-8(12)4-9(3-7)18(13,16)17/h2-4H,1,5H2,(H,14,15). The Kier molecular flexibility index (Phi) is 5.21. The molecule has 1 aromatic carbocycles. The van der Waals surface area contributed by atoms with Crippen LogP contribution in [-0.2, 0) is 9.05 Å². The van der Waals surface area contributed by atoms with E-state index in [9.17, 15) is 13.2 Å². The van der Waals surface area contributed by atoms with E-state index in [1.165, 1.54) is 12.1 Å². The molecule has 0 aliphatic carbocycles. The molecule has 0 aromatic heterocycles. The molecule has 1 rings (SSSR count). The fourth-order valence-electron chi connectivity index (χ4n) is 1.11. The molecule has 8 heteroatoms. The average molecular weight is 373 g/mol. The second-order valence-electron chi connectivity index (χ2n) is 3.31. The first-order valence-electron chi connectivity index (χ1n) is 4.57. The highest BCUT2D eigenvalue weighted by molar-refractivity contribution is 9.11. The third-order valence-corrected chi connectivity index (χ3v) is 3.69. The van der Waals surface area contributed by atoms with Crippen molar-refractivity contribution < 1.29 is 13.2 Å². The third kappa shape index (κ3) is 4.61. The van der Waals surface area contributed by atoms with Gasteiger partial charge in [-0.3, -0.25) is 4.79 Å². The topological polar surface area (TPSA) is 63.2 Å². The molecule has 0 heterocycles. The number of hydrogen-bond donors (Lipinski definition) is 1. The summed E-state index contributed by atoms with van der Waals surface area (Å²) in [6.07, 6.45) is 0. The number of rotatable bonds is 4. The smallest absolute Gasteiger partial charge is 0.261 e. The lowest BCUT2D eigenvalue weighted by atomic mass is 10.2. The minimum absolute atomic E-state index is 0.107. The van der Waals surface area contributed by atoms with Crippen molar-refractivity contribution in [2.75, 3.05) is 6.54 Å². The molecule has 0 aliphatic heterocycles. The van der Waals surface area contributed by atoms with Gasteiger partial charge in [0, 0.05) is 32.3 Å². The zero-order valence-corrected chi connectivity index (χ0v) is 12.8. The van der Waals surface area contributed by atoms with Gasteiger partial charge in [0.2, 0.25) is 0 Å². The van der Waals surface area contributed by atoms with Crippen LogP contribution in [0, 0.1) is 0 Å². The van der Waals surface area contributed by atoms with Crippen LogP contribution in [0.2, 0.25) is 5.02 Å². The molecular formula is C10H8BrCl2NO3S. The lowest BCUT2D eigenvalue weighted by Gasteiger charge is -2.06. The first-order chi connectivity index (χ1) is 8.20. The van der Waals surface area contributed by atoms with Crippen LogP contribution in [-0.4, -0.2) is 20.9 Å². The Labute approximate surface area is 123 Å². The van der Waals surface area contributed by atoms with Crippen LogP contribution in [0.4, 0.5) is 0 Å². The molecule has 1 amide bonds. The van der Waals surface area contributed by atoms with Gasteiger partial charge in [-0.2, -0.15) is 0 Å². The average Bonchev–Trinajstić information content (AvgIpc) is 2.23. The van der Waals surface area contributed by atoms with Gasteiger partial charge in [0.15, 0.2) is 0 Å². The van der Waals surface area contributed by atoms with E-state index in [1.54, 1.807) is 0 Å². The van der Waals surface area contributed by atoms with Gasteiger partial charge < -0.3 is 5.32 Å². The number of benzene rings is 1. The summed E-state index contributed by atoms with van der Waals surface area (Å²) < 4.78 is 22.9. The molecule has 1 N–H and O–H groups in total. The lowest BCUT2D eigenvalue weighted by molar-refractivity contribution is 0.0957. The molecule has 0 saturated heterocycles. The van der Waals surface area contributed by atoms with E-state index in [2.05, 4.69) is 27.8 Å². The summed E-state index contributed by atoms with van der Waals surface area (Å²) in [7, 11) is 1.26. The normalized spacial score (nSPS) is 11.1. The van der Waals surface area contributed by atoms with E-state index in [0.717, 1.165) is 6.07 Å². The minimum atomic E-state index is -3.93. The summed E-state index contributed by atoms with van der Waals surface area (Å²) in [6.45, 7) is 3.77. The molecule has 0 spiro atoms. The van der Waals surface area contributed by atoms with Crippen molar-refractivity contribution in [3.63, 3.8) is 0 Å². The molecule has 98 valence electrons. The highest BCUT2D eigenvalue weighted by Gasteiger charge is 2.15. The van der Waals surface area contributed by atoms with Gasteiger partial charge >= 0.3 is 0 Å². The second-order valence-corrected chi connectivity index (χ2v) is 7.44. The zero-order valence-electron chi connectivity index (χ0n) is 8.91. The maximum absolute atomic E-state index is 11.7. The first-order valence-corrected chi connectivity index (χ1v) is 8.05. The van der Waals surface area contributed by atoms with Gasteiger partial charge in [0.05, 0.1) is 4.90 Å². The quantitative estimate of drug-likeness (QED) is 0.826. The van der Waals surface area contributed by atoms with E-state index < -0.39 is 15.0 Å². The predicted octanol–water partition coefficient (Wildman–Crippen LogP) is 2.91. The van der Waals surface area contributed by atoms with Gasteiger partial charge in [0.1, 0.15) is 0 Å². The Bertz CT molecular complexity index is 601. The number of carbonyl (C=O) groups excluding carboxylic acids is 1. The molecule has 0 radical (unpaired) electrons. The third-order valence-electron chi connectivity index (χ3n) is 1.86. The van der Waals surface area contributed by atoms with Gasteiger partial charge in [-0.15, -0.1) is 0 Å². The maximum Gasteiger partial charge on any atom is 0.261 e. The fourth-order valence-corrected chi connectivity index (χ4v) is 2.36. The van der Waals surface area contributed by atoms with Crippen molar-refractivity contribution in [2.24, 2.45) is 0 Å². The monoisotopic (exact) mass is 371 g/mol. The molecule has 0 fully saturated rings. The molecule has 18 heavy (non-hydrogen) atoms. The summed E-state index contributed by atoms with van der Waals surface area (Å²) in [6, 6.07) is 3.67. The Morgan fingerprint density at radius 1 is 1.39 bits per heavy atom. The summed E-state index contributed by atoms with van der Waals surface area (Å²) in [5, 5.41) is 2.63. The molecular weight excluding hydrogens is 365 g/mol. The van der Waals surface area contributed by atoms with Crippen LogP contribution in [0.25, 0.3) is 0 Å². The Balaban J connectivity index is 3.07. The molecule has 4 nitrogen and oxygen atoms in total. The van der Waals surface area contributed by atoms with Crippen LogP contribution in [0.3, 0.4) is 0 Å². The number of nitrogens with one attached hydrogen (secondary N) is 1. The van der Waals surface area contributed by atoms with Crippen LogP contribution < -0.4 is 5.32 Å². The van der Waals surface area contributed by atoms with E-state index >= 15 is 0 Å². The molecule has 0 atom stereocenters. The molecule has 0 saturated carbocycles. The highest BCUT2D eigenvalue weighted by atomic mass is 79.9. The highest BCUT2D eigenvalue weighted by Crippen LogP contribution is 2.22. The van der Waals surface area contributed by atoms with E-state index in [1.807, 2.05) is 0 Å². The van der Waals surface area contributed by atoms with E-state index in [-0.39, 0.29) is 22.0 Å². The minimum Gasteiger partial charge on any atom is -0.347 e. The molecule has 0 aliphatic rings. The predicted molar refractivity (Wildman–Crippen MR) is 74.9 cm³/mol. The van der Waals surface area contributed by atoms with Gasteiger partial charge in [0.25, 0.3) is 15.0 Å².